The molecule has 4 nitrogen and oxygen atoms in total. The Balaban J connectivity index is 2.34. The van der Waals surface area contributed by atoms with Gasteiger partial charge in [-0.05, 0) is 20.8 Å². The van der Waals surface area contributed by atoms with Gasteiger partial charge in [0.25, 0.3) is 0 Å². The Morgan fingerprint density at radius 1 is 1.53 bits per heavy atom. The maximum atomic E-state index is 11.2. The first-order valence-corrected chi connectivity index (χ1v) is 5.50. The summed E-state index contributed by atoms with van der Waals surface area (Å²) < 4.78 is 5.60. The normalized spacial score (nSPS) is 22.9. The van der Waals surface area contributed by atoms with Gasteiger partial charge in [0.15, 0.2) is 0 Å². The Kier molecular flexibility index (Phi) is 4.11. The van der Waals surface area contributed by atoms with Crippen LogP contribution in [0.5, 0.6) is 0 Å². The number of hydrogen-bond donors (Lipinski definition) is 1. The molecule has 0 aromatic carbocycles. The van der Waals surface area contributed by atoms with Gasteiger partial charge in [-0.1, -0.05) is 0 Å². The van der Waals surface area contributed by atoms with Crippen molar-refractivity contribution in [3.8, 4) is 0 Å². The molecule has 1 aliphatic rings. The van der Waals surface area contributed by atoms with E-state index < -0.39 is 0 Å². The van der Waals surface area contributed by atoms with Gasteiger partial charge in [-0.2, -0.15) is 0 Å². The number of nitrogens with one attached hydrogen (secondary N) is 1. The van der Waals surface area contributed by atoms with E-state index in [1.54, 1.807) is 6.92 Å². The zero-order chi connectivity index (χ0) is 11.5. The summed E-state index contributed by atoms with van der Waals surface area (Å²) in [6, 6.07) is 0. The Hall–Kier alpha value is -0.610. The summed E-state index contributed by atoms with van der Waals surface area (Å²) >= 11 is 0. The molecule has 1 aliphatic heterocycles. The third kappa shape index (κ3) is 4.62. The number of carbonyl (C=O) groups excluding carboxylic acids is 1. The van der Waals surface area contributed by atoms with Crippen LogP contribution in [0.1, 0.15) is 27.7 Å². The number of carbonyl (C=O) groups is 1. The number of hydrogen-bond acceptors (Lipinski definition) is 3. The van der Waals surface area contributed by atoms with E-state index in [0.29, 0.717) is 13.2 Å². The minimum Gasteiger partial charge on any atom is -0.373 e. The fraction of sp³-hybridized carbons (Fsp3) is 0.909. The maximum absolute atomic E-state index is 11.2. The summed E-state index contributed by atoms with van der Waals surface area (Å²) in [5.74, 6) is 0.138. The molecule has 1 rings (SSSR count). The second-order valence-electron chi connectivity index (χ2n) is 5.09. The Bertz CT molecular complexity index is 223. The molecule has 1 atom stereocenters. The molecular formula is C11H22N2O2. The lowest BCUT2D eigenvalue weighted by atomic mass is 10.1. The van der Waals surface area contributed by atoms with Gasteiger partial charge >= 0.3 is 0 Å². The van der Waals surface area contributed by atoms with Crippen molar-refractivity contribution in [1.82, 2.24) is 10.2 Å². The highest BCUT2D eigenvalue weighted by molar-refractivity contribution is 5.73. The highest BCUT2D eigenvalue weighted by atomic mass is 16.5. The largest absolute Gasteiger partial charge is 0.373 e. The van der Waals surface area contributed by atoms with Crippen molar-refractivity contribution in [3.63, 3.8) is 0 Å². The molecule has 0 saturated carbocycles. The molecule has 0 aromatic rings. The van der Waals surface area contributed by atoms with E-state index in [1.807, 2.05) is 4.90 Å². The van der Waals surface area contributed by atoms with Crippen LogP contribution in [-0.2, 0) is 9.53 Å². The second-order valence-corrected chi connectivity index (χ2v) is 5.09. The predicted molar refractivity (Wildman–Crippen MR) is 59.7 cm³/mol. The average molecular weight is 214 g/mol. The molecule has 1 amide bonds. The van der Waals surface area contributed by atoms with Crippen LogP contribution in [0, 0.1) is 0 Å². The summed E-state index contributed by atoms with van der Waals surface area (Å²) in [4.78, 5) is 13.0. The van der Waals surface area contributed by atoms with Gasteiger partial charge in [-0.25, -0.2) is 0 Å². The van der Waals surface area contributed by atoms with Crippen LogP contribution in [0.3, 0.4) is 0 Å². The van der Waals surface area contributed by atoms with Gasteiger partial charge in [0.2, 0.25) is 5.91 Å². The molecule has 88 valence electrons. The van der Waals surface area contributed by atoms with Gasteiger partial charge < -0.3 is 15.0 Å². The van der Waals surface area contributed by atoms with Crippen LogP contribution < -0.4 is 5.32 Å². The zero-order valence-electron chi connectivity index (χ0n) is 10.2. The van der Waals surface area contributed by atoms with Crippen molar-refractivity contribution in [2.45, 2.75) is 39.3 Å². The monoisotopic (exact) mass is 214 g/mol. The Labute approximate surface area is 92.0 Å². The van der Waals surface area contributed by atoms with Crippen LogP contribution in [0.4, 0.5) is 0 Å². The molecule has 1 fully saturated rings. The van der Waals surface area contributed by atoms with Crippen molar-refractivity contribution in [1.29, 1.82) is 0 Å². The van der Waals surface area contributed by atoms with E-state index in [2.05, 4.69) is 26.1 Å². The number of morpholine rings is 1. The molecule has 1 unspecified atom stereocenters. The van der Waals surface area contributed by atoms with Gasteiger partial charge in [0, 0.05) is 32.1 Å². The predicted octanol–water partition coefficient (Wildman–Crippen LogP) is 0.622. The minimum absolute atomic E-state index is 0.0991. The minimum atomic E-state index is 0.0991. The van der Waals surface area contributed by atoms with Crippen molar-refractivity contribution in [3.05, 3.63) is 0 Å². The molecule has 4 heteroatoms. The molecule has 0 bridgehead atoms. The molecule has 1 N–H and O–H groups in total. The highest BCUT2D eigenvalue weighted by Gasteiger charge is 2.23. The summed E-state index contributed by atoms with van der Waals surface area (Å²) in [5, 5.41) is 3.39. The third-order valence-electron chi connectivity index (χ3n) is 2.44. The van der Waals surface area contributed by atoms with Gasteiger partial charge in [0.05, 0.1) is 12.7 Å². The fourth-order valence-electron chi connectivity index (χ4n) is 1.55. The molecule has 0 radical (unpaired) electrons. The van der Waals surface area contributed by atoms with Crippen LogP contribution in [0.25, 0.3) is 0 Å². The van der Waals surface area contributed by atoms with Crippen LogP contribution >= 0.6 is 0 Å². The molecule has 1 heterocycles. The van der Waals surface area contributed by atoms with Crippen molar-refractivity contribution in [2.24, 2.45) is 0 Å². The summed E-state index contributed by atoms with van der Waals surface area (Å²) in [5.41, 5.74) is 0.0991. The van der Waals surface area contributed by atoms with Crippen LogP contribution in [0.15, 0.2) is 0 Å². The Morgan fingerprint density at radius 2 is 2.20 bits per heavy atom. The molecule has 0 aliphatic carbocycles. The number of rotatable bonds is 2. The summed E-state index contributed by atoms with van der Waals surface area (Å²) in [6.45, 7) is 10.9. The van der Waals surface area contributed by atoms with E-state index in [4.69, 9.17) is 4.74 Å². The summed E-state index contributed by atoms with van der Waals surface area (Å²) in [7, 11) is 0. The van der Waals surface area contributed by atoms with Crippen LogP contribution in [-0.4, -0.2) is 48.7 Å². The second kappa shape index (κ2) is 4.94. The lowest BCUT2D eigenvalue weighted by molar-refractivity contribution is -0.136. The van der Waals surface area contributed by atoms with Gasteiger partial charge in [-0.3, -0.25) is 4.79 Å². The first-order valence-electron chi connectivity index (χ1n) is 5.50. The number of amides is 1. The van der Waals surface area contributed by atoms with Gasteiger partial charge in [-0.15, -0.1) is 0 Å². The zero-order valence-corrected chi connectivity index (χ0v) is 10.2. The fourth-order valence-corrected chi connectivity index (χ4v) is 1.55. The molecule has 15 heavy (non-hydrogen) atoms. The molecule has 1 saturated heterocycles. The Morgan fingerprint density at radius 3 is 2.73 bits per heavy atom. The first kappa shape index (κ1) is 12.5. The quantitative estimate of drug-likeness (QED) is 0.733. The van der Waals surface area contributed by atoms with E-state index in [9.17, 15) is 4.79 Å². The lowest BCUT2D eigenvalue weighted by Gasteiger charge is -2.34. The maximum Gasteiger partial charge on any atom is 0.219 e. The van der Waals surface area contributed by atoms with Crippen molar-refractivity contribution >= 4 is 5.91 Å². The molecule has 0 aromatic heterocycles. The lowest BCUT2D eigenvalue weighted by Crippen LogP contribution is -2.50. The van der Waals surface area contributed by atoms with Crippen LogP contribution in [0.2, 0.25) is 0 Å². The van der Waals surface area contributed by atoms with E-state index >= 15 is 0 Å². The van der Waals surface area contributed by atoms with E-state index in [-0.39, 0.29) is 17.6 Å². The average Bonchev–Trinajstić information content (AvgIpc) is 2.14. The van der Waals surface area contributed by atoms with E-state index in [0.717, 1.165) is 13.1 Å². The van der Waals surface area contributed by atoms with Gasteiger partial charge in [0.1, 0.15) is 0 Å². The smallest absolute Gasteiger partial charge is 0.219 e. The highest BCUT2D eigenvalue weighted by Crippen LogP contribution is 2.06. The SMILES string of the molecule is CC(=O)N1CCOC(CNC(C)(C)C)C1. The molecular weight excluding hydrogens is 192 g/mol. The summed E-state index contributed by atoms with van der Waals surface area (Å²) in [6.07, 6.45) is 0.127. The van der Waals surface area contributed by atoms with Crippen molar-refractivity contribution < 1.29 is 9.53 Å². The number of nitrogens with zero attached hydrogens (tertiary/aromatic N) is 1. The topological polar surface area (TPSA) is 41.6 Å². The number of ether oxygens (including phenoxy) is 1. The van der Waals surface area contributed by atoms with E-state index in [1.165, 1.54) is 0 Å². The first-order chi connectivity index (χ1) is 6.88. The molecule has 0 spiro atoms. The van der Waals surface area contributed by atoms with Crippen molar-refractivity contribution in [2.75, 3.05) is 26.2 Å². The standard InChI is InChI=1S/C11H22N2O2/c1-9(14)13-5-6-15-10(8-13)7-12-11(2,3)4/h10,12H,5-8H2,1-4H3. The third-order valence-corrected chi connectivity index (χ3v) is 2.44.